The molecule has 0 aromatic rings. The Morgan fingerprint density at radius 2 is 0.210 bits per heavy atom. The minimum Gasteiger partial charge on any atom is -0.411 e. The summed E-state index contributed by atoms with van der Waals surface area (Å²) in [7, 11) is 0. The van der Waals surface area contributed by atoms with Crippen LogP contribution >= 0.6 is 48.9 Å². The Morgan fingerprint density at radius 3 is 0.276 bits per heavy atom. The van der Waals surface area contributed by atoms with Gasteiger partial charge >= 0.3 is 27.3 Å². The zero-order chi connectivity index (χ0) is 77.2. The van der Waals surface area contributed by atoms with E-state index in [9.17, 15) is 0 Å². The van der Waals surface area contributed by atoms with Crippen LogP contribution in [0.4, 0.5) is 0 Å². The summed E-state index contributed by atoms with van der Waals surface area (Å²) >= 11 is 42.2. The first-order valence-corrected chi connectivity index (χ1v) is 50.0. The molecule has 0 bridgehead atoms. The third kappa shape index (κ3) is 101. The van der Waals surface area contributed by atoms with Crippen LogP contribution in [0.15, 0.2) is 0 Å². The summed E-state index contributed by atoms with van der Waals surface area (Å²) in [5.74, 6) is 0. The largest absolute Gasteiger partial charge is 4.00 e. The van der Waals surface area contributed by atoms with Crippen LogP contribution < -0.4 is 0 Å². The van der Waals surface area contributed by atoms with Crippen molar-refractivity contribution < 1.29 is 0 Å². The van der Waals surface area contributed by atoms with E-state index >= 15 is 0 Å². The summed E-state index contributed by atoms with van der Waals surface area (Å²) in [6.45, 7) is 26.9. The van der Waals surface area contributed by atoms with Crippen molar-refractivity contribution in [3.05, 3.63) is 0 Å². The van der Waals surface area contributed by atoms with E-state index in [4.69, 9.17) is 99.4 Å². The summed E-state index contributed by atoms with van der Waals surface area (Å²) in [5.41, 5.74) is 0. The molecule has 0 rings (SSSR count). The van der Waals surface area contributed by atoms with Gasteiger partial charge in [0, 0.05) is 52.4 Å². The van der Waals surface area contributed by atoms with Gasteiger partial charge in [0.15, 0.2) is 0 Å². The van der Waals surface area contributed by atoms with Gasteiger partial charge in [0.05, 0.1) is 0 Å². The molecular formula is C92H184N4PbS8. The molecule has 0 radical (unpaired) electrons. The quantitative estimate of drug-likeness (QED) is 0.0249. The van der Waals surface area contributed by atoms with Gasteiger partial charge in [-0.3, -0.25) is 0 Å². The SMILES string of the molecule is CCCCCCCCCCCN(CCCCCCCCCCC)C(=S)[S-].CCCCCCCCCCCN(CCCCCCCCCCC)C(=S)[S-].CCCCCCCCCCCN(CCCCCCCCCCC)C(=S)[S-].CCCCCCCCCCCN(CCCCCCCCCCC)C(=S)[S-].[Pb+4]. The van der Waals surface area contributed by atoms with Crippen LogP contribution in [0.25, 0.3) is 0 Å². The Bertz CT molecular complexity index is 1330. The molecule has 624 valence electrons. The third-order valence-electron chi connectivity index (χ3n) is 21.3. The summed E-state index contributed by atoms with van der Waals surface area (Å²) in [6, 6.07) is 0. The number of nitrogens with zero attached hydrogens (tertiary/aromatic N) is 4. The van der Waals surface area contributed by atoms with E-state index in [1.165, 1.54) is 462 Å². The van der Waals surface area contributed by atoms with Crippen LogP contribution in [0.5, 0.6) is 0 Å². The average molecular weight is 1810 g/mol. The van der Waals surface area contributed by atoms with Crippen molar-refractivity contribution in [3.8, 4) is 0 Å². The number of thiocarbonyl (C=S) groups is 4. The van der Waals surface area contributed by atoms with Crippen LogP contribution in [-0.2, 0) is 50.5 Å². The first kappa shape index (κ1) is 115. The fourth-order valence-electron chi connectivity index (χ4n) is 14.1. The molecule has 0 aliphatic rings. The van der Waals surface area contributed by atoms with E-state index in [1.54, 1.807) is 0 Å². The first-order valence-electron chi connectivity index (χ1n) is 46.7. The minimum absolute atomic E-state index is 0. The molecule has 13 heteroatoms. The Kier molecular flexibility index (Phi) is 113. The number of unbranched alkanes of at least 4 members (excludes halogenated alkanes) is 64. The second kappa shape index (κ2) is 103. The van der Waals surface area contributed by atoms with Gasteiger partial charge in [-0.25, -0.2) is 0 Å². The predicted molar refractivity (Wildman–Crippen MR) is 510 cm³/mol. The molecule has 0 N–H and O–H groups in total. The molecule has 0 unspecified atom stereocenters. The molecule has 0 aromatic heterocycles. The number of hydrogen-bond acceptors (Lipinski definition) is 8. The molecule has 0 spiro atoms. The van der Waals surface area contributed by atoms with E-state index in [2.05, 4.69) is 75.0 Å². The molecule has 0 fully saturated rings. The second-order valence-corrected chi connectivity index (χ2v) is 35.8. The fraction of sp³-hybridized carbons (Fsp3) is 0.957. The normalized spacial score (nSPS) is 10.9. The van der Waals surface area contributed by atoms with Crippen LogP contribution in [0.3, 0.4) is 0 Å². The van der Waals surface area contributed by atoms with Crippen molar-refractivity contribution >= 4 is 144 Å². The van der Waals surface area contributed by atoms with Crippen molar-refractivity contribution in [2.45, 2.75) is 518 Å². The zero-order valence-corrected chi connectivity index (χ0v) is 82.5. The van der Waals surface area contributed by atoms with Gasteiger partial charge in [-0.05, 0) is 51.4 Å². The van der Waals surface area contributed by atoms with E-state index in [0.29, 0.717) is 17.3 Å². The van der Waals surface area contributed by atoms with Crippen molar-refractivity contribution in [2.24, 2.45) is 0 Å². The van der Waals surface area contributed by atoms with Crippen molar-refractivity contribution in [1.29, 1.82) is 0 Å². The number of rotatable bonds is 80. The minimum atomic E-state index is 0. The molecule has 0 heterocycles. The molecule has 0 amide bonds. The molecule has 0 saturated carbocycles. The van der Waals surface area contributed by atoms with Gasteiger partial charge in [0.2, 0.25) is 0 Å². The summed E-state index contributed by atoms with van der Waals surface area (Å²) in [5, 5.41) is 0. The van der Waals surface area contributed by atoms with E-state index in [0.717, 1.165) is 52.4 Å². The zero-order valence-electron chi connectivity index (χ0n) is 72.1. The maximum Gasteiger partial charge on any atom is 4.00 e. The smallest absolute Gasteiger partial charge is 0.411 e. The van der Waals surface area contributed by atoms with Gasteiger partial charge < -0.3 is 119 Å². The Hall–Kier alpha value is 1.36. The Labute approximate surface area is 726 Å². The predicted octanol–water partition coefficient (Wildman–Crippen LogP) is 32.3. The molecule has 0 aromatic carbocycles. The summed E-state index contributed by atoms with van der Waals surface area (Å²) in [4.78, 5) is 9.08. The second-order valence-electron chi connectivity index (χ2n) is 31.6. The van der Waals surface area contributed by atoms with Crippen molar-refractivity contribution in [3.63, 3.8) is 0 Å². The van der Waals surface area contributed by atoms with Gasteiger partial charge in [0.25, 0.3) is 0 Å². The van der Waals surface area contributed by atoms with Gasteiger partial charge in [-0.2, -0.15) is 0 Å². The molecule has 0 saturated heterocycles. The molecule has 0 aliphatic carbocycles. The average Bonchev–Trinajstić information content (AvgIpc) is 1.36. The van der Waals surface area contributed by atoms with Crippen LogP contribution in [0.2, 0.25) is 0 Å². The van der Waals surface area contributed by atoms with Crippen LogP contribution in [0, 0.1) is 0 Å². The Balaban J connectivity index is -0.000000422. The van der Waals surface area contributed by atoms with E-state index in [1.807, 2.05) is 0 Å². The topological polar surface area (TPSA) is 13.0 Å². The number of hydrogen-bond donors (Lipinski definition) is 0. The molecule has 105 heavy (non-hydrogen) atoms. The standard InChI is InChI=1S/4C23H47NS2.Pb/c4*1-3-5-7-9-11-13-15-17-19-21-24(23(25)26)22-20-18-16-14-12-10-8-6-4-2;/h4*3-22H2,1-2H3,(H,25,26);/q;;;;+4/p-4. The van der Waals surface area contributed by atoms with Gasteiger partial charge in [0.1, 0.15) is 0 Å². The van der Waals surface area contributed by atoms with E-state index < -0.39 is 0 Å². The monoisotopic (exact) mass is 1810 g/mol. The molecule has 0 atom stereocenters. The van der Waals surface area contributed by atoms with Crippen molar-refractivity contribution in [1.82, 2.24) is 19.6 Å². The van der Waals surface area contributed by atoms with Gasteiger partial charge in [-0.1, -0.05) is 484 Å². The van der Waals surface area contributed by atoms with Crippen molar-refractivity contribution in [2.75, 3.05) is 52.4 Å². The summed E-state index contributed by atoms with van der Waals surface area (Å²) in [6.07, 6.45) is 99.1. The molecule has 4 nitrogen and oxygen atoms in total. The van der Waals surface area contributed by atoms with Crippen LogP contribution in [0.1, 0.15) is 518 Å². The Morgan fingerprint density at radius 1 is 0.143 bits per heavy atom. The maximum absolute atomic E-state index is 5.28. The van der Waals surface area contributed by atoms with E-state index in [-0.39, 0.29) is 27.3 Å². The van der Waals surface area contributed by atoms with Crippen LogP contribution in [-0.4, -0.2) is 117 Å². The fourth-order valence-corrected chi connectivity index (χ4v) is 15.5. The first-order chi connectivity index (χ1) is 50.9. The summed E-state index contributed by atoms with van der Waals surface area (Å²) < 4.78 is 2.74. The van der Waals surface area contributed by atoms with Gasteiger partial charge in [-0.15, -0.1) is 0 Å². The molecule has 0 aliphatic heterocycles. The third-order valence-corrected chi connectivity index (χ3v) is 23.4. The maximum atomic E-state index is 5.28. The molecular weight excluding hydrogens is 1620 g/mol.